The lowest BCUT2D eigenvalue weighted by Crippen LogP contribution is -2.26. The van der Waals surface area contributed by atoms with Crippen molar-refractivity contribution in [2.75, 3.05) is 0 Å². The van der Waals surface area contributed by atoms with Crippen molar-refractivity contribution < 1.29 is 13.6 Å². The van der Waals surface area contributed by atoms with Crippen LogP contribution in [0.2, 0.25) is 5.02 Å². The molecule has 3 aromatic rings. The summed E-state index contributed by atoms with van der Waals surface area (Å²) in [7, 11) is 0. The third-order valence-corrected chi connectivity index (χ3v) is 3.96. The highest BCUT2D eigenvalue weighted by Gasteiger charge is 2.21. The van der Waals surface area contributed by atoms with E-state index in [1.807, 2.05) is 45.0 Å². The van der Waals surface area contributed by atoms with E-state index in [0.717, 1.165) is 16.7 Å². The van der Waals surface area contributed by atoms with Crippen molar-refractivity contribution in [3.8, 4) is 0 Å². The van der Waals surface area contributed by atoms with Gasteiger partial charge in [-0.15, -0.1) is 0 Å². The van der Waals surface area contributed by atoms with Gasteiger partial charge in [0.1, 0.15) is 11.5 Å². The number of amides is 1. The molecule has 0 aliphatic heterocycles. The summed E-state index contributed by atoms with van der Waals surface area (Å²) in [4.78, 5) is 12.4. The molecule has 3 rings (SSSR count). The van der Waals surface area contributed by atoms with Crippen LogP contribution in [-0.2, 0) is 0 Å². The summed E-state index contributed by atoms with van der Waals surface area (Å²) in [6.45, 7) is 5.57. The van der Waals surface area contributed by atoms with Gasteiger partial charge in [0.25, 0.3) is 5.91 Å². The van der Waals surface area contributed by atoms with Crippen molar-refractivity contribution in [3.63, 3.8) is 0 Å². The second kappa shape index (κ2) is 5.54. The number of nitrogens with one attached hydrogen (secondary N) is 1. The van der Waals surface area contributed by atoms with Gasteiger partial charge in [0.15, 0.2) is 11.3 Å². The molecular formula is C17H16ClNO3. The van der Waals surface area contributed by atoms with Crippen molar-refractivity contribution in [2.24, 2.45) is 0 Å². The van der Waals surface area contributed by atoms with E-state index in [-0.39, 0.29) is 17.7 Å². The molecule has 5 heteroatoms. The van der Waals surface area contributed by atoms with Crippen LogP contribution in [0.15, 0.2) is 39.2 Å². The summed E-state index contributed by atoms with van der Waals surface area (Å²) in [5.41, 5.74) is 1.31. The first kappa shape index (κ1) is 14.7. The molecule has 1 aromatic carbocycles. The number of benzene rings is 1. The molecule has 0 saturated heterocycles. The molecule has 0 bridgehead atoms. The standard InChI is InChI=1S/C17H16ClNO3/c1-9-7-8-14(21-9)11(3)19-17(20)15-10(2)12-5-4-6-13(18)16(12)22-15/h4-8,11H,1-3H3,(H,19,20). The maximum absolute atomic E-state index is 12.4. The highest BCUT2D eigenvalue weighted by atomic mass is 35.5. The van der Waals surface area contributed by atoms with E-state index in [2.05, 4.69) is 5.32 Å². The van der Waals surface area contributed by atoms with Crippen molar-refractivity contribution >= 4 is 28.5 Å². The predicted octanol–water partition coefficient (Wildman–Crippen LogP) is 4.79. The SMILES string of the molecule is Cc1ccc(C(C)NC(=O)c2oc3c(Cl)cccc3c2C)o1. The summed E-state index contributed by atoms with van der Waals surface area (Å²) in [5, 5.41) is 4.22. The van der Waals surface area contributed by atoms with E-state index >= 15 is 0 Å². The molecule has 0 radical (unpaired) electrons. The molecule has 1 atom stereocenters. The molecule has 22 heavy (non-hydrogen) atoms. The molecule has 0 saturated carbocycles. The molecule has 114 valence electrons. The zero-order valence-electron chi connectivity index (χ0n) is 12.6. The monoisotopic (exact) mass is 317 g/mol. The first-order chi connectivity index (χ1) is 10.5. The Balaban J connectivity index is 1.89. The number of hydrogen-bond acceptors (Lipinski definition) is 3. The third-order valence-electron chi connectivity index (χ3n) is 3.66. The Morgan fingerprint density at radius 3 is 2.59 bits per heavy atom. The Kier molecular flexibility index (Phi) is 3.71. The maximum Gasteiger partial charge on any atom is 0.287 e. The van der Waals surface area contributed by atoms with Crippen molar-refractivity contribution in [2.45, 2.75) is 26.8 Å². The molecule has 0 spiro atoms. The van der Waals surface area contributed by atoms with Crippen LogP contribution in [0.4, 0.5) is 0 Å². The maximum atomic E-state index is 12.4. The van der Waals surface area contributed by atoms with Crippen LogP contribution in [0.1, 0.15) is 40.6 Å². The molecule has 1 N–H and O–H groups in total. The van der Waals surface area contributed by atoms with Crippen LogP contribution >= 0.6 is 11.6 Å². The van der Waals surface area contributed by atoms with E-state index in [1.165, 1.54) is 0 Å². The number of para-hydroxylation sites is 1. The van der Waals surface area contributed by atoms with Gasteiger partial charge in [0.2, 0.25) is 0 Å². The number of carbonyl (C=O) groups is 1. The molecule has 4 nitrogen and oxygen atoms in total. The topological polar surface area (TPSA) is 55.4 Å². The van der Waals surface area contributed by atoms with Crippen LogP contribution in [-0.4, -0.2) is 5.91 Å². The Bertz CT molecular complexity index is 847. The fraction of sp³-hybridized carbons (Fsp3) is 0.235. The lowest BCUT2D eigenvalue weighted by atomic mass is 10.1. The number of carbonyl (C=O) groups excluding carboxylic acids is 1. The van der Waals surface area contributed by atoms with Crippen molar-refractivity contribution in [1.82, 2.24) is 5.32 Å². The average Bonchev–Trinajstić information content (AvgIpc) is 3.05. The van der Waals surface area contributed by atoms with Gasteiger partial charge >= 0.3 is 0 Å². The molecule has 1 amide bonds. The van der Waals surface area contributed by atoms with Gasteiger partial charge in [-0.1, -0.05) is 23.7 Å². The number of furan rings is 2. The van der Waals surface area contributed by atoms with Gasteiger partial charge in [-0.3, -0.25) is 4.79 Å². The summed E-state index contributed by atoms with van der Waals surface area (Å²) in [6, 6.07) is 8.93. The summed E-state index contributed by atoms with van der Waals surface area (Å²) in [5.74, 6) is 1.50. The number of hydrogen-bond donors (Lipinski definition) is 1. The summed E-state index contributed by atoms with van der Waals surface area (Å²) < 4.78 is 11.2. The smallest absolute Gasteiger partial charge is 0.287 e. The minimum absolute atomic E-state index is 0.246. The van der Waals surface area contributed by atoms with Gasteiger partial charge in [-0.05, 0) is 39.0 Å². The molecule has 2 aromatic heterocycles. The average molecular weight is 318 g/mol. The number of aryl methyl sites for hydroxylation is 2. The number of halogens is 1. The van der Waals surface area contributed by atoms with Crippen molar-refractivity contribution in [3.05, 3.63) is 58.2 Å². The summed E-state index contributed by atoms with van der Waals surface area (Å²) in [6.07, 6.45) is 0. The largest absolute Gasteiger partial charge is 0.464 e. The normalized spacial score (nSPS) is 12.5. The lowest BCUT2D eigenvalue weighted by molar-refractivity contribution is 0.0908. The molecular weight excluding hydrogens is 302 g/mol. The molecule has 0 aliphatic carbocycles. The van der Waals surface area contributed by atoms with Gasteiger partial charge in [-0.2, -0.15) is 0 Å². The molecule has 1 unspecified atom stereocenters. The fourth-order valence-corrected chi connectivity index (χ4v) is 2.66. The van der Waals surface area contributed by atoms with Crippen LogP contribution in [0, 0.1) is 13.8 Å². The lowest BCUT2D eigenvalue weighted by Gasteiger charge is -2.10. The van der Waals surface area contributed by atoms with E-state index in [9.17, 15) is 4.79 Å². The van der Waals surface area contributed by atoms with E-state index in [4.69, 9.17) is 20.4 Å². The third kappa shape index (κ3) is 2.50. The zero-order chi connectivity index (χ0) is 15.9. The van der Waals surface area contributed by atoms with Crippen LogP contribution in [0.25, 0.3) is 11.0 Å². The second-order valence-electron chi connectivity index (χ2n) is 5.32. The molecule has 0 fully saturated rings. The van der Waals surface area contributed by atoms with Crippen LogP contribution in [0.3, 0.4) is 0 Å². The zero-order valence-corrected chi connectivity index (χ0v) is 13.3. The van der Waals surface area contributed by atoms with Crippen LogP contribution in [0.5, 0.6) is 0 Å². The molecule has 0 aliphatic rings. The Hall–Kier alpha value is -2.20. The van der Waals surface area contributed by atoms with Gasteiger partial charge in [0.05, 0.1) is 11.1 Å². The number of fused-ring (bicyclic) bond motifs is 1. The van der Waals surface area contributed by atoms with Crippen molar-refractivity contribution in [1.29, 1.82) is 0 Å². The second-order valence-corrected chi connectivity index (χ2v) is 5.72. The van der Waals surface area contributed by atoms with E-state index in [1.54, 1.807) is 6.07 Å². The Labute approximate surface area is 133 Å². The van der Waals surface area contributed by atoms with Gasteiger partial charge in [-0.25, -0.2) is 0 Å². The van der Waals surface area contributed by atoms with Gasteiger partial charge in [0, 0.05) is 10.9 Å². The Morgan fingerprint density at radius 1 is 1.18 bits per heavy atom. The van der Waals surface area contributed by atoms with E-state index in [0.29, 0.717) is 16.4 Å². The van der Waals surface area contributed by atoms with E-state index < -0.39 is 0 Å². The minimum atomic E-state index is -0.286. The Morgan fingerprint density at radius 2 is 1.95 bits per heavy atom. The van der Waals surface area contributed by atoms with Gasteiger partial charge < -0.3 is 14.2 Å². The predicted molar refractivity (Wildman–Crippen MR) is 85.3 cm³/mol. The number of rotatable bonds is 3. The van der Waals surface area contributed by atoms with Crippen LogP contribution < -0.4 is 5.32 Å². The summed E-state index contributed by atoms with van der Waals surface area (Å²) >= 11 is 6.11. The first-order valence-electron chi connectivity index (χ1n) is 7.02. The fourth-order valence-electron chi connectivity index (χ4n) is 2.44. The quantitative estimate of drug-likeness (QED) is 0.755. The molecule has 2 heterocycles. The highest BCUT2D eigenvalue weighted by Crippen LogP contribution is 2.31. The highest BCUT2D eigenvalue weighted by molar-refractivity contribution is 6.35. The minimum Gasteiger partial charge on any atom is -0.464 e. The first-order valence-corrected chi connectivity index (χ1v) is 7.40.